The normalized spacial score (nSPS) is 14.0. The molecule has 0 saturated heterocycles. The van der Waals surface area contributed by atoms with E-state index in [2.05, 4.69) is 15.6 Å². The molecule has 0 unspecified atom stereocenters. The number of nitrogens with one attached hydrogen (secondary N) is 2. The minimum atomic E-state index is -0.115. The van der Waals surface area contributed by atoms with Gasteiger partial charge in [0.25, 0.3) is 5.91 Å². The summed E-state index contributed by atoms with van der Waals surface area (Å²) >= 11 is 0. The molecule has 0 bridgehead atoms. The topological polar surface area (TPSA) is 54.0 Å². The molecule has 0 atom stereocenters. The standard InChI is InChI=1S/C16H17N3O/c20-16(13-7-9-17-10-8-13)19-15-3-1-12(2-4-15)11-18-14-5-6-14/h1-4,7-10,14,18H,5-6,11H2,(H,19,20). The molecular weight excluding hydrogens is 250 g/mol. The summed E-state index contributed by atoms with van der Waals surface area (Å²) in [5.41, 5.74) is 2.65. The fourth-order valence-corrected chi connectivity index (χ4v) is 1.96. The zero-order valence-corrected chi connectivity index (χ0v) is 11.2. The van der Waals surface area contributed by atoms with Crippen LogP contribution < -0.4 is 10.6 Å². The number of anilines is 1. The first-order valence-corrected chi connectivity index (χ1v) is 6.85. The van der Waals surface area contributed by atoms with Gasteiger partial charge < -0.3 is 10.6 Å². The third-order valence-electron chi connectivity index (χ3n) is 3.33. The molecule has 1 aromatic carbocycles. The monoisotopic (exact) mass is 267 g/mol. The van der Waals surface area contributed by atoms with Crippen molar-refractivity contribution >= 4 is 11.6 Å². The van der Waals surface area contributed by atoms with E-state index in [9.17, 15) is 4.79 Å². The lowest BCUT2D eigenvalue weighted by Crippen LogP contribution is -2.15. The molecule has 2 aromatic rings. The first-order chi connectivity index (χ1) is 9.81. The number of benzene rings is 1. The van der Waals surface area contributed by atoms with Gasteiger partial charge in [-0.1, -0.05) is 12.1 Å². The third-order valence-corrected chi connectivity index (χ3v) is 3.33. The maximum atomic E-state index is 12.0. The van der Waals surface area contributed by atoms with Crippen molar-refractivity contribution in [3.8, 4) is 0 Å². The van der Waals surface area contributed by atoms with Crippen molar-refractivity contribution < 1.29 is 4.79 Å². The predicted molar refractivity (Wildman–Crippen MR) is 78.5 cm³/mol. The second kappa shape index (κ2) is 5.84. The van der Waals surface area contributed by atoms with E-state index < -0.39 is 0 Å². The summed E-state index contributed by atoms with van der Waals surface area (Å²) in [6.45, 7) is 0.892. The fourth-order valence-electron chi connectivity index (χ4n) is 1.96. The van der Waals surface area contributed by atoms with E-state index >= 15 is 0 Å². The Kier molecular flexibility index (Phi) is 3.74. The molecule has 4 nitrogen and oxygen atoms in total. The lowest BCUT2D eigenvalue weighted by atomic mass is 10.2. The maximum Gasteiger partial charge on any atom is 0.255 e. The van der Waals surface area contributed by atoms with Crippen molar-refractivity contribution in [1.29, 1.82) is 0 Å². The molecule has 1 aliphatic rings. The summed E-state index contributed by atoms with van der Waals surface area (Å²) in [5, 5.41) is 6.34. The highest BCUT2D eigenvalue weighted by atomic mass is 16.1. The summed E-state index contributed by atoms with van der Waals surface area (Å²) in [5.74, 6) is -0.115. The first kappa shape index (κ1) is 12.8. The lowest BCUT2D eigenvalue weighted by molar-refractivity contribution is 0.102. The molecule has 1 saturated carbocycles. The van der Waals surface area contributed by atoms with Gasteiger partial charge in [-0.25, -0.2) is 0 Å². The molecule has 1 amide bonds. The highest BCUT2D eigenvalue weighted by Crippen LogP contribution is 2.19. The van der Waals surface area contributed by atoms with E-state index in [-0.39, 0.29) is 5.91 Å². The molecule has 0 radical (unpaired) electrons. The second-order valence-corrected chi connectivity index (χ2v) is 5.04. The maximum absolute atomic E-state index is 12.0. The summed E-state index contributed by atoms with van der Waals surface area (Å²) in [6.07, 6.45) is 5.81. The van der Waals surface area contributed by atoms with Gasteiger partial charge in [-0.2, -0.15) is 0 Å². The van der Waals surface area contributed by atoms with Crippen molar-refractivity contribution in [2.45, 2.75) is 25.4 Å². The van der Waals surface area contributed by atoms with E-state index in [1.165, 1.54) is 18.4 Å². The lowest BCUT2D eigenvalue weighted by Gasteiger charge is -2.07. The largest absolute Gasteiger partial charge is 0.322 e. The van der Waals surface area contributed by atoms with Crippen LogP contribution in [0.15, 0.2) is 48.8 Å². The van der Waals surface area contributed by atoms with Crippen molar-refractivity contribution in [3.05, 3.63) is 59.9 Å². The smallest absolute Gasteiger partial charge is 0.255 e. The molecule has 4 heteroatoms. The number of amides is 1. The highest BCUT2D eigenvalue weighted by molar-refractivity contribution is 6.04. The molecule has 1 aliphatic carbocycles. The van der Waals surface area contributed by atoms with E-state index in [4.69, 9.17) is 0 Å². The molecule has 0 spiro atoms. The Balaban J connectivity index is 1.58. The SMILES string of the molecule is O=C(Nc1ccc(CNC2CC2)cc1)c1ccncc1. The molecular formula is C16H17N3O. The molecule has 1 heterocycles. The Bertz CT molecular complexity index is 576. The van der Waals surface area contributed by atoms with Gasteiger partial charge >= 0.3 is 0 Å². The van der Waals surface area contributed by atoms with Crippen LogP contribution in [0.25, 0.3) is 0 Å². The van der Waals surface area contributed by atoms with Crippen LogP contribution in [0.2, 0.25) is 0 Å². The Morgan fingerprint density at radius 2 is 1.80 bits per heavy atom. The minimum absolute atomic E-state index is 0.115. The van der Waals surface area contributed by atoms with Crippen molar-refractivity contribution in [1.82, 2.24) is 10.3 Å². The van der Waals surface area contributed by atoms with Crippen LogP contribution in [0, 0.1) is 0 Å². The van der Waals surface area contributed by atoms with Crippen LogP contribution in [0.5, 0.6) is 0 Å². The van der Waals surface area contributed by atoms with Gasteiger partial charge in [0.15, 0.2) is 0 Å². The summed E-state index contributed by atoms with van der Waals surface area (Å²) in [6, 6.07) is 12.1. The summed E-state index contributed by atoms with van der Waals surface area (Å²) in [4.78, 5) is 15.9. The van der Waals surface area contributed by atoms with Crippen LogP contribution >= 0.6 is 0 Å². The minimum Gasteiger partial charge on any atom is -0.322 e. The number of hydrogen-bond acceptors (Lipinski definition) is 3. The number of aromatic nitrogens is 1. The van der Waals surface area contributed by atoms with Crippen molar-refractivity contribution in [2.75, 3.05) is 5.32 Å². The summed E-state index contributed by atoms with van der Waals surface area (Å²) < 4.78 is 0. The van der Waals surface area contributed by atoms with Crippen molar-refractivity contribution in [3.63, 3.8) is 0 Å². The van der Waals surface area contributed by atoms with E-state index in [0.717, 1.165) is 12.2 Å². The van der Waals surface area contributed by atoms with Crippen molar-refractivity contribution in [2.24, 2.45) is 0 Å². The number of carbonyl (C=O) groups excluding carboxylic acids is 1. The second-order valence-electron chi connectivity index (χ2n) is 5.04. The van der Waals surface area contributed by atoms with Gasteiger partial charge in [-0.15, -0.1) is 0 Å². The van der Waals surface area contributed by atoms with Gasteiger partial charge in [0.05, 0.1) is 0 Å². The Morgan fingerprint density at radius 3 is 2.45 bits per heavy atom. The number of hydrogen-bond donors (Lipinski definition) is 2. The van der Waals surface area contributed by atoms with Crippen LogP contribution in [0.1, 0.15) is 28.8 Å². The van der Waals surface area contributed by atoms with Crippen LogP contribution in [-0.2, 0) is 6.54 Å². The van der Waals surface area contributed by atoms with E-state index in [1.807, 2.05) is 24.3 Å². The molecule has 102 valence electrons. The average Bonchev–Trinajstić information content (AvgIpc) is 3.32. The Labute approximate surface area is 118 Å². The van der Waals surface area contributed by atoms with Gasteiger partial charge in [-0.05, 0) is 42.7 Å². The molecule has 2 N–H and O–H groups in total. The number of rotatable bonds is 5. The Morgan fingerprint density at radius 1 is 1.10 bits per heavy atom. The molecule has 1 aromatic heterocycles. The number of pyridine rings is 1. The number of carbonyl (C=O) groups is 1. The third kappa shape index (κ3) is 3.42. The average molecular weight is 267 g/mol. The fraction of sp³-hybridized carbons (Fsp3) is 0.250. The van der Waals surface area contributed by atoms with Crippen LogP contribution in [0.4, 0.5) is 5.69 Å². The molecule has 3 rings (SSSR count). The quantitative estimate of drug-likeness (QED) is 0.875. The van der Waals surface area contributed by atoms with Gasteiger partial charge in [0, 0.05) is 36.2 Å². The van der Waals surface area contributed by atoms with Gasteiger partial charge in [0.2, 0.25) is 0 Å². The van der Waals surface area contributed by atoms with Crippen LogP contribution in [-0.4, -0.2) is 16.9 Å². The highest BCUT2D eigenvalue weighted by Gasteiger charge is 2.19. The number of nitrogens with zero attached hydrogens (tertiary/aromatic N) is 1. The van der Waals surface area contributed by atoms with Gasteiger partial charge in [-0.3, -0.25) is 9.78 Å². The predicted octanol–water partition coefficient (Wildman–Crippen LogP) is 2.59. The molecule has 1 fully saturated rings. The zero-order chi connectivity index (χ0) is 13.8. The van der Waals surface area contributed by atoms with E-state index in [0.29, 0.717) is 11.6 Å². The molecule has 0 aliphatic heterocycles. The summed E-state index contributed by atoms with van der Waals surface area (Å²) in [7, 11) is 0. The Hall–Kier alpha value is -2.20. The van der Waals surface area contributed by atoms with Gasteiger partial charge in [0.1, 0.15) is 0 Å². The zero-order valence-electron chi connectivity index (χ0n) is 11.2. The van der Waals surface area contributed by atoms with E-state index in [1.54, 1.807) is 24.5 Å². The first-order valence-electron chi connectivity index (χ1n) is 6.85. The molecule has 20 heavy (non-hydrogen) atoms. The van der Waals surface area contributed by atoms with Crippen LogP contribution in [0.3, 0.4) is 0 Å².